The zero-order valence-electron chi connectivity index (χ0n) is 9.38. The monoisotopic (exact) mass is 247 g/mol. The number of hydrogen-bond acceptors (Lipinski definition) is 5. The number of carboxylic acids is 1. The van der Waals surface area contributed by atoms with Gasteiger partial charge in [-0.05, 0) is 19.1 Å². The molecule has 0 bridgehead atoms. The van der Waals surface area contributed by atoms with E-state index in [1.54, 1.807) is 6.92 Å². The van der Waals surface area contributed by atoms with Crippen LogP contribution in [0.15, 0.2) is 28.9 Å². The van der Waals surface area contributed by atoms with Crippen molar-refractivity contribution in [3.8, 4) is 0 Å². The molecule has 0 spiro atoms. The van der Waals surface area contributed by atoms with Gasteiger partial charge in [-0.2, -0.15) is 0 Å². The molecule has 2 rings (SSSR count). The molecule has 0 saturated heterocycles. The molecular formula is C11H9N3O4. The largest absolute Gasteiger partial charge is 0.476 e. The summed E-state index contributed by atoms with van der Waals surface area (Å²) in [7, 11) is 0. The smallest absolute Gasteiger partial charge is 0.356 e. The predicted molar refractivity (Wildman–Crippen MR) is 60.4 cm³/mol. The van der Waals surface area contributed by atoms with Crippen LogP contribution in [-0.4, -0.2) is 27.1 Å². The first-order valence-electron chi connectivity index (χ1n) is 5.01. The van der Waals surface area contributed by atoms with E-state index >= 15 is 0 Å². The van der Waals surface area contributed by atoms with Gasteiger partial charge >= 0.3 is 5.97 Å². The molecule has 0 aliphatic rings. The molecule has 0 fully saturated rings. The lowest BCUT2D eigenvalue weighted by Gasteiger charge is -2.04. The SMILES string of the molecule is Cc1cc(C(=O)Nc2cccnc2C(=O)O)on1. The normalized spacial score (nSPS) is 10.1. The minimum absolute atomic E-state index is 0.00712. The summed E-state index contributed by atoms with van der Waals surface area (Å²) in [6.07, 6.45) is 1.33. The highest BCUT2D eigenvalue weighted by Gasteiger charge is 2.16. The lowest BCUT2D eigenvalue weighted by Crippen LogP contribution is -2.15. The minimum Gasteiger partial charge on any atom is -0.476 e. The van der Waals surface area contributed by atoms with Crippen molar-refractivity contribution in [2.24, 2.45) is 0 Å². The van der Waals surface area contributed by atoms with Gasteiger partial charge in [0, 0.05) is 12.3 Å². The minimum atomic E-state index is -1.22. The van der Waals surface area contributed by atoms with Crippen LogP contribution in [0.2, 0.25) is 0 Å². The van der Waals surface area contributed by atoms with E-state index in [0.717, 1.165) is 0 Å². The molecule has 7 nitrogen and oxygen atoms in total. The number of anilines is 1. The number of aryl methyl sites for hydroxylation is 1. The maximum Gasteiger partial charge on any atom is 0.356 e. The summed E-state index contributed by atoms with van der Waals surface area (Å²) in [6, 6.07) is 4.41. The number of pyridine rings is 1. The maximum absolute atomic E-state index is 11.7. The van der Waals surface area contributed by atoms with E-state index in [-0.39, 0.29) is 17.1 Å². The van der Waals surface area contributed by atoms with Crippen LogP contribution in [0.5, 0.6) is 0 Å². The molecule has 0 saturated carbocycles. The molecule has 0 atom stereocenters. The third-order valence-corrected chi connectivity index (χ3v) is 2.11. The molecule has 0 radical (unpaired) electrons. The summed E-state index contributed by atoms with van der Waals surface area (Å²) in [5.41, 5.74) is 0.427. The predicted octanol–water partition coefficient (Wildman–Crippen LogP) is 1.33. The van der Waals surface area contributed by atoms with Crippen molar-refractivity contribution < 1.29 is 19.2 Å². The lowest BCUT2D eigenvalue weighted by molar-refractivity contribution is 0.0691. The first-order valence-corrected chi connectivity index (χ1v) is 5.01. The van der Waals surface area contributed by atoms with Crippen molar-refractivity contribution in [1.82, 2.24) is 10.1 Å². The van der Waals surface area contributed by atoms with Crippen LogP contribution in [0.4, 0.5) is 5.69 Å². The first-order chi connectivity index (χ1) is 8.58. The van der Waals surface area contributed by atoms with Crippen LogP contribution in [0, 0.1) is 6.92 Å². The van der Waals surface area contributed by atoms with Gasteiger partial charge in [-0.25, -0.2) is 9.78 Å². The van der Waals surface area contributed by atoms with Crippen LogP contribution in [0.25, 0.3) is 0 Å². The highest BCUT2D eigenvalue weighted by molar-refractivity contribution is 6.05. The Bertz CT molecular complexity index is 606. The number of nitrogens with one attached hydrogen (secondary N) is 1. The average molecular weight is 247 g/mol. The van der Waals surface area contributed by atoms with E-state index < -0.39 is 11.9 Å². The Kier molecular flexibility index (Phi) is 3.05. The number of carbonyl (C=O) groups is 2. The standard InChI is InChI=1S/C11H9N3O4/c1-6-5-8(18-14-6)10(15)13-7-3-2-4-12-9(7)11(16)17/h2-5H,1H3,(H,13,15)(H,16,17). The molecule has 18 heavy (non-hydrogen) atoms. The number of nitrogens with zero attached hydrogens (tertiary/aromatic N) is 2. The molecular weight excluding hydrogens is 238 g/mol. The van der Waals surface area contributed by atoms with Crippen molar-refractivity contribution >= 4 is 17.6 Å². The Morgan fingerprint density at radius 2 is 2.22 bits per heavy atom. The van der Waals surface area contributed by atoms with E-state index in [4.69, 9.17) is 9.63 Å². The third kappa shape index (κ3) is 2.34. The van der Waals surface area contributed by atoms with E-state index in [2.05, 4.69) is 15.5 Å². The number of aromatic carboxylic acids is 1. The lowest BCUT2D eigenvalue weighted by atomic mass is 10.3. The van der Waals surface area contributed by atoms with Crippen LogP contribution in [-0.2, 0) is 0 Å². The van der Waals surface area contributed by atoms with Crippen LogP contribution in [0.3, 0.4) is 0 Å². The molecule has 92 valence electrons. The summed E-state index contributed by atoms with van der Waals surface area (Å²) in [5, 5.41) is 14.9. The Labute approximate surface area is 101 Å². The highest BCUT2D eigenvalue weighted by atomic mass is 16.5. The van der Waals surface area contributed by atoms with Crippen molar-refractivity contribution in [3.05, 3.63) is 41.5 Å². The highest BCUT2D eigenvalue weighted by Crippen LogP contribution is 2.14. The van der Waals surface area contributed by atoms with E-state index in [1.165, 1.54) is 24.4 Å². The molecule has 0 unspecified atom stereocenters. The Morgan fingerprint density at radius 3 is 2.83 bits per heavy atom. The average Bonchev–Trinajstić information content (AvgIpc) is 2.76. The first kappa shape index (κ1) is 11.8. The van der Waals surface area contributed by atoms with Crippen LogP contribution in [0.1, 0.15) is 26.7 Å². The van der Waals surface area contributed by atoms with Crippen molar-refractivity contribution in [2.75, 3.05) is 5.32 Å². The van der Waals surface area contributed by atoms with Crippen molar-refractivity contribution in [3.63, 3.8) is 0 Å². The van der Waals surface area contributed by atoms with Gasteiger partial charge in [0.1, 0.15) is 0 Å². The third-order valence-electron chi connectivity index (χ3n) is 2.11. The second-order valence-corrected chi connectivity index (χ2v) is 3.49. The van der Waals surface area contributed by atoms with Crippen LogP contribution < -0.4 is 5.32 Å². The molecule has 2 aromatic rings. The number of rotatable bonds is 3. The molecule has 0 aromatic carbocycles. The summed E-state index contributed by atoms with van der Waals surface area (Å²) >= 11 is 0. The number of carboxylic acid groups (broad SMARTS) is 1. The summed E-state index contributed by atoms with van der Waals surface area (Å²) in [6.45, 7) is 1.67. The number of carbonyl (C=O) groups excluding carboxylic acids is 1. The quantitative estimate of drug-likeness (QED) is 0.847. The molecule has 0 aliphatic carbocycles. The zero-order valence-corrected chi connectivity index (χ0v) is 9.38. The molecule has 2 N–H and O–H groups in total. The van der Waals surface area contributed by atoms with Gasteiger partial charge in [-0.1, -0.05) is 5.16 Å². The van der Waals surface area contributed by atoms with E-state index in [9.17, 15) is 9.59 Å². The van der Waals surface area contributed by atoms with Gasteiger partial charge < -0.3 is 14.9 Å². The van der Waals surface area contributed by atoms with Gasteiger partial charge in [0.2, 0.25) is 5.76 Å². The fraction of sp³-hybridized carbons (Fsp3) is 0.0909. The molecule has 7 heteroatoms. The number of amides is 1. The van der Waals surface area contributed by atoms with E-state index in [1.807, 2.05) is 0 Å². The fourth-order valence-corrected chi connectivity index (χ4v) is 1.33. The Morgan fingerprint density at radius 1 is 1.44 bits per heavy atom. The van der Waals surface area contributed by atoms with Crippen molar-refractivity contribution in [2.45, 2.75) is 6.92 Å². The Hall–Kier alpha value is -2.70. The number of aromatic nitrogens is 2. The summed E-state index contributed by atoms with van der Waals surface area (Å²) in [4.78, 5) is 26.3. The summed E-state index contributed by atoms with van der Waals surface area (Å²) < 4.78 is 4.77. The van der Waals surface area contributed by atoms with Gasteiger partial charge in [0.25, 0.3) is 5.91 Å². The zero-order chi connectivity index (χ0) is 13.1. The topological polar surface area (TPSA) is 105 Å². The second-order valence-electron chi connectivity index (χ2n) is 3.49. The number of hydrogen-bond donors (Lipinski definition) is 2. The van der Waals surface area contributed by atoms with Crippen molar-refractivity contribution in [1.29, 1.82) is 0 Å². The van der Waals surface area contributed by atoms with Crippen LogP contribution >= 0.6 is 0 Å². The van der Waals surface area contributed by atoms with Gasteiger partial charge in [0.15, 0.2) is 5.69 Å². The Balaban J connectivity index is 2.24. The second kappa shape index (κ2) is 4.66. The molecule has 0 aliphatic heterocycles. The molecule has 2 heterocycles. The molecule has 2 aromatic heterocycles. The van der Waals surface area contributed by atoms with Gasteiger partial charge in [0.05, 0.1) is 11.4 Å². The fourth-order valence-electron chi connectivity index (χ4n) is 1.33. The molecule has 1 amide bonds. The summed E-state index contributed by atoms with van der Waals surface area (Å²) in [5.74, 6) is -1.79. The van der Waals surface area contributed by atoms with Gasteiger partial charge in [-0.3, -0.25) is 4.79 Å². The van der Waals surface area contributed by atoms with E-state index in [0.29, 0.717) is 5.69 Å². The maximum atomic E-state index is 11.7. The van der Waals surface area contributed by atoms with Gasteiger partial charge in [-0.15, -0.1) is 0 Å².